The molecule has 0 N–H and O–H groups in total. The van der Waals surface area contributed by atoms with Crippen molar-refractivity contribution in [2.45, 2.75) is 33.1 Å². The number of carbonyl (C=O) groups excluding carboxylic acids is 1. The summed E-state index contributed by atoms with van der Waals surface area (Å²) in [5.41, 5.74) is 5.18. The number of likely N-dealkylation sites (tertiary alicyclic amines) is 1. The molecule has 150 valence electrons. The number of halogens is 2. The van der Waals surface area contributed by atoms with E-state index in [1.807, 2.05) is 38.1 Å². The van der Waals surface area contributed by atoms with Crippen molar-refractivity contribution in [1.29, 1.82) is 0 Å². The van der Waals surface area contributed by atoms with E-state index >= 15 is 0 Å². The van der Waals surface area contributed by atoms with E-state index in [2.05, 4.69) is 11.9 Å². The number of alkyl halides is 2. The molecule has 0 aliphatic carbocycles. The summed E-state index contributed by atoms with van der Waals surface area (Å²) in [5, 5.41) is 0. The summed E-state index contributed by atoms with van der Waals surface area (Å²) in [7, 11) is 0. The highest BCUT2D eigenvalue weighted by Crippen LogP contribution is 2.33. The largest absolute Gasteiger partial charge is 0.461 e. The molecule has 0 unspecified atom stereocenters. The van der Waals surface area contributed by atoms with Crippen molar-refractivity contribution in [2.75, 3.05) is 13.1 Å². The molecule has 29 heavy (non-hydrogen) atoms. The molecule has 4 nitrogen and oxygen atoms in total. The summed E-state index contributed by atoms with van der Waals surface area (Å²) in [4.78, 5) is 17.8. The molecule has 1 aliphatic heterocycles. The first-order valence-electron chi connectivity index (χ1n) is 9.61. The molecule has 0 saturated carbocycles. The fraction of sp³-hybridized carbons (Fsp3) is 0.304. The summed E-state index contributed by atoms with van der Waals surface area (Å²) in [6, 6.07) is 11.5. The van der Waals surface area contributed by atoms with Crippen LogP contribution in [0.5, 0.6) is 0 Å². The Hall–Kier alpha value is -3.02. The maximum atomic E-state index is 13.0. The van der Waals surface area contributed by atoms with Gasteiger partial charge in [0, 0.05) is 23.7 Å². The summed E-state index contributed by atoms with van der Waals surface area (Å²) < 4.78 is 31.9. The number of hydrogen-bond acceptors (Lipinski definition) is 3. The highest BCUT2D eigenvalue weighted by Gasteiger charge is 2.46. The van der Waals surface area contributed by atoms with Gasteiger partial charge in [-0.3, -0.25) is 9.78 Å². The molecule has 3 aromatic rings. The van der Waals surface area contributed by atoms with Crippen molar-refractivity contribution < 1.29 is 18.0 Å². The van der Waals surface area contributed by atoms with E-state index in [9.17, 15) is 13.6 Å². The number of aryl methyl sites for hydroxylation is 3. The normalized spacial score (nSPS) is 15.3. The lowest BCUT2D eigenvalue weighted by Gasteiger charge is -2.38. The van der Waals surface area contributed by atoms with Crippen molar-refractivity contribution in [3.8, 4) is 22.6 Å². The minimum Gasteiger partial charge on any atom is -0.461 e. The summed E-state index contributed by atoms with van der Waals surface area (Å²) in [6.45, 7) is 5.06. The average Bonchev–Trinajstić information content (AvgIpc) is 3.13. The third-order valence-corrected chi connectivity index (χ3v) is 5.23. The van der Waals surface area contributed by atoms with Crippen molar-refractivity contribution in [1.82, 2.24) is 9.88 Å². The van der Waals surface area contributed by atoms with Gasteiger partial charge < -0.3 is 9.32 Å². The summed E-state index contributed by atoms with van der Waals surface area (Å²) in [6.07, 6.45) is 2.30. The van der Waals surface area contributed by atoms with E-state index in [0.717, 1.165) is 50.8 Å². The zero-order valence-corrected chi connectivity index (χ0v) is 16.6. The van der Waals surface area contributed by atoms with Gasteiger partial charge in [-0.25, -0.2) is 8.78 Å². The number of furan rings is 1. The van der Waals surface area contributed by atoms with Crippen molar-refractivity contribution in [2.24, 2.45) is 0 Å². The predicted octanol–water partition coefficient (Wildman–Crippen LogP) is 5.28. The van der Waals surface area contributed by atoms with Crippen LogP contribution in [0.4, 0.5) is 8.78 Å². The Morgan fingerprint density at radius 3 is 2.34 bits per heavy atom. The Labute approximate surface area is 168 Å². The van der Waals surface area contributed by atoms with Crippen molar-refractivity contribution >= 4 is 5.91 Å². The lowest BCUT2D eigenvalue weighted by Crippen LogP contribution is -2.58. The van der Waals surface area contributed by atoms with Gasteiger partial charge >= 0.3 is 0 Å². The van der Waals surface area contributed by atoms with E-state index in [4.69, 9.17) is 4.42 Å². The predicted molar refractivity (Wildman–Crippen MR) is 107 cm³/mol. The fourth-order valence-corrected chi connectivity index (χ4v) is 3.73. The molecule has 4 rings (SSSR count). The SMILES string of the molecule is CCc1ccc(-c2c(C)cc(-c3ccc(C(=O)N4CC(F)(F)C4)cn3)cc2C)o1. The van der Waals surface area contributed by atoms with Crippen LogP contribution >= 0.6 is 0 Å². The van der Waals surface area contributed by atoms with Gasteiger partial charge in [0.2, 0.25) is 0 Å². The molecule has 1 aliphatic rings. The number of rotatable bonds is 4. The van der Waals surface area contributed by atoms with Gasteiger partial charge in [-0.2, -0.15) is 0 Å². The first-order chi connectivity index (χ1) is 13.8. The number of carbonyl (C=O) groups is 1. The zero-order chi connectivity index (χ0) is 20.8. The first kappa shape index (κ1) is 19.3. The second kappa shape index (κ2) is 7.10. The smallest absolute Gasteiger partial charge is 0.282 e. The number of hydrogen-bond donors (Lipinski definition) is 0. The molecule has 1 fully saturated rings. The molecular formula is C23H22F2N2O2. The fourth-order valence-electron chi connectivity index (χ4n) is 3.73. The standard InChI is InChI=1S/C23H22F2N2O2/c1-4-18-6-8-20(29-18)21-14(2)9-17(10-15(21)3)19-7-5-16(11-26-19)22(28)27-12-23(24,25)13-27/h5-11H,4,12-13H2,1-3H3. The number of pyridine rings is 1. The van der Waals surface area contributed by atoms with Crippen LogP contribution < -0.4 is 0 Å². The highest BCUT2D eigenvalue weighted by molar-refractivity contribution is 5.95. The Morgan fingerprint density at radius 1 is 1.14 bits per heavy atom. The van der Waals surface area contributed by atoms with Crippen LogP contribution in [0.15, 0.2) is 47.0 Å². The van der Waals surface area contributed by atoms with Crippen molar-refractivity contribution in [3.05, 3.63) is 65.0 Å². The number of aromatic nitrogens is 1. The molecule has 0 atom stereocenters. The topological polar surface area (TPSA) is 46.3 Å². The van der Waals surface area contributed by atoms with Gasteiger partial charge in [-0.1, -0.05) is 6.92 Å². The minimum atomic E-state index is -2.77. The molecule has 1 aromatic carbocycles. The quantitative estimate of drug-likeness (QED) is 0.603. The van der Waals surface area contributed by atoms with Crippen LogP contribution in [0.1, 0.15) is 34.2 Å². The molecule has 6 heteroatoms. The highest BCUT2D eigenvalue weighted by atomic mass is 19.3. The Morgan fingerprint density at radius 2 is 1.83 bits per heavy atom. The van der Waals surface area contributed by atoms with E-state index < -0.39 is 24.9 Å². The number of amides is 1. The molecule has 2 aromatic heterocycles. The monoisotopic (exact) mass is 396 g/mol. The van der Waals surface area contributed by atoms with Crippen LogP contribution in [-0.2, 0) is 6.42 Å². The van der Waals surface area contributed by atoms with Crippen LogP contribution in [0.3, 0.4) is 0 Å². The molecule has 3 heterocycles. The lowest BCUT2D eigenvalue weighted by atomic mass is 9.96. The molecular weight excluding hydrogens is 374 g/mol. The maximum Gasteiger partial charge on any atom is 0.282 e. The number of nitrogens with zero attached hydrogens (tertiary/aromatic N) is 2. The van der Waals surface area contributed by atoms with Crippen LogP contribution in [0.2, 0.25) is 0 Å². The van der Waals surface area contributed by atoms with E-state index in [-0.39, 0.29) is 0 Å². The summed E-state index contributed by atoms with van der Waals surface area (Å²) in [5.74, 6) is -1.39. The maximum absolute atomic E-state index is 13.0. The summed E-state index contributed by atoms with van der Waals surface area (Å²) >= 11 is 0. The van der Waals surface area contributed by atoms with Gasteiger partial charge in [0.15, 0.2) is 0 Å². The third kappa shape index (κ3) is 3.67. The van der Waals surface area contributed by atoms with Crippen molar-refractivity contribution in [3.63, 3.8) is 0 Å². The van der Waals surface area contributed by atoms with Gasteiger partial charge in [-0.15, -0.1) is 0 Å². The van der Waals surface area contributed by atoms with E-state index in [1.165, 1.54) is 6.20 Å². The molecule has 1 amide bonds. The second-order valence-electron chi connectivity index (χ2n) is 7.55. The molecule has 0 radical (unpaired) electrons. The molecule has 1 saturated heterocycles. The van der Waals surface area contributed by atoms with Gasteiger partial charge in [-0.05, 0) is 61.4 Å². The Bertz CT molecular complexity index is 1040. The van der Waals surface area contributed by atoms with E-state index in [1.54, 1.807) is 12.1 Å². The van der Waals surface area contributed by atoms with Crippen LogP contribution in [0, 0.1) is 13.8 Å². The Kier molecular flexibility index (Phi) is 4.73. The van der Waals surface area contributed by atoms with Gasteiger partial charge in [0.1, 0.15) is 11.5 Å². The molecule has 0 spiro atoms. The zero-order valence-electron chi connectivity index (χ0n) is 16.6. The third-order valence-electron chi connectivity index (χ3n) is 5.23. The Balaban J connectivity index is 1.58. The van der Waals surface area contributed by atoms with Gasteiger partial charge in [0.25, 0.3) is 11.8 Å². The molecule has 0 bridgehead atoms. The van der Waals surface area contributed by atoms with Crippen LogP contribution in [-0.4, -0.2) is 34.8 Å². The van der Waals surface area contributed by atoms with Gasteiger partial charge in [0.05, 0.1) is 24.3 Å². The number of benzene rings is 1. The van der Waals surface area contributed by atoms with Crippen LogP contribution in [0.25, 0.3) is 22.6 Å². The van der Waals surface area contributed by atoms with E-state index in [0.29, 0.717) is 5.56 Å². The average molecular weight is 396 g/mol. The first-order valence-corrected chi connectivity index (χ1v) is 9.61. The lowest BCUT2D eigenvalue weighted by molar-refractivity contribution is -0.113. The second-order valence-corrected chi connectivity index (χ2v) is 7.55. The minimum absolute atomic E-state index is 0.317.